The Kier molecular flexibility index (Phi) is 3.57. The molecule has 1 aromatic heterocycles. The smallest absolute Gasteiger partial charge is 0.143 e. The van der Waals surface area contributed by atoms with Gasteiger partial charge < -0.3 is 10.1 Å². The van der Waals surface area contributed by atoms with E-state index in [1.54, 1.807) is 12.1 Å². The van der Waals surface area contributed by atoms with Gasteiger partial charge in [-0.3, -0.25) is 0 Å². The number of hydrogen-bond donors (Lipinski definition) is 2. The number of imidazole rings is 1. The van der Waals surface area contributed by atoms with Crippen molar-refractivity contribution in [3.05, 3.63) is 59.4 Å². The first-order chi connectivity index (χ1) is 10.3. The number of para-hydroxylation sites is 1. The number of hydrogen-bond acceptors (Lipinski definition) is 3. The number of aryl methyl sites for hydroxylation is 2. The lowest BCUT2D eigenvalue weighted by atomic mass is 10.1. The third kappa shape index (κ3) is 2.87. The average molecular weight is 277 g/mol. The number of aromatic amines is 1. The van der Waals surface area contributed by atoms with Crippen LogP contribution in [0.4, 0.5) is 0 Å². The molecular weight excluding hydrogens is 262 g/mol. The fraction of sp³-hybridized carbons (Fsp3) is 0.176. The van der Waals surface area contributed by atoms with Crippen LogP contribution in [-0.2, 0) is 12.8 Å². The van der Waals surface area contributed by atoms with Crippen molar-refractivity contribution < 1.29 is 5.11 Å². The monoisotopic (exact) mass is 277 g/mol. The van der Waals surface area contributed by atoms with E-state index in [1.165, 1.54) is 5.56 Å². The molecule has 2 N–H and O–H groups in total. The van der Waals surface area contributed by atoms with E-state index in [-0.39, 0.29) is 5.75 Å². The molecule has 0 aliphatic carbocycles. The third-order valence-electron chi connectivity index (χ3n) is 3.50. The number of H-pyrrole nitrogens is 1. The van der Waals surface area contributed by atoms with Gasteiger partial charge in [0.05, 0.1) is 17.1 Å². The van der Waals surface area contributed by atoms with Gasteiger partial charge in [0, 0.05) is 6.42 Å². The number of rotatable bonds is 4. The predicted molar refractivity (Wildman–Crippen MR) is 80.9 cm³/mol. The fourth-order valence-electron chi connectivity index (χ4n) is 2.39. The van der Waals surface area contributed by atoms with Gasteiger partial charge in [0.15, 0.2) is 0 Å². The lowest BCUT2D eigenvalue weighted by molar-refractivity contribution is 0.480. The Morgan fingerprint density at radius 2 is 1.90 bits per heavy atom. The molecule has 4 nitrogen and oxygen atoms in total. The number of benzene rings is 2. The first-order valence-electron chi connectivity index (χ1n) is 6.92. The van der Waals surface area contributed by atoms with Crippen LogP contribution in [0.5, 0.6) is 5.75 Å². The van der Waals surface area contributed by atoms with Crippen LogP contribution >= 0.6 is 0 Å². The van der Waals surface area contributed by atoms with Crippen LogP contribution in [0.25, 0.3) is 11.0 Å². The van der Waals surface area contributed by atoms with Gasteiger partial charge in [-0.05, 0) is 42.7 Å². The Labute approximate surface area is 122 Å². The van der Waals surface area contributed by atoms with Gasteiger partial charge in [-0.2, -0.15) is 5.26 Å². The van der Waals surface area contributed by atoms with E-state index < -0.39 is 0 Å². The maximum absolute atomic E-state index is 9.73. The van der Waals surface area contributed by atoms with E-state index in [9.17, 15) is 5.11 Å². The maximum Gasteiger partial charge on any atom is 0.143 e. The highest BCUT2D eigenvalue weighted by molar-refractivity contribution is 5.81. The summed E-state index contributed by atoms with van der Waals surface area (Å²) < 4.78 is 0. The second-order valence-corrected chi connectivity index (χ2v) is 5.02. The predicted octanol–water partition coefficient (Wildman–Crippen LogP) is 3.32. The average Bonchev–Trinajstić information content (AvgIpc) is 2.92. The number of fused-ring (bicyclic) bond motifs is 1. The van der Waals surface area contributed by atoms with E-state index in [4.69, 9.17) is 5.26 Å². The zero-order valence-electron chi connectivity index (χ0n) is 11.5. The Bertz CT molecular complexity index is 797. The molecular formula is C17H15N3O. The SMILES string of the molecule is N#Cc1ccc(CCCc2nc3c(O)cccc3[nH]2)cc1. The summed E-state index contributed by atoms with van der Waals surface area (Å²) in [5.74, 6) is 1.10. The number of aromatic hydroxyl groups is 1. The molecule has 0 aliphatic rings. The number of nitriles is 1. The number of nitrogens with zero attached hydrogens (tertiary/aromatic N) is 2. The maximum atomic E-state index is 9.73. The normalized spacial score (nSPS) is 10.6. The van der Waals surface area contributed by atoms with Gasteiger partial charge in [0.25, 0.3) is 0 Å². The first kappa shape index (κ1) is 13.2. The second kappa shape index (κ2) is 5.68. The van der Waals surface area contributed by atoms with Crippen LogP contribution in [0.1, 0.15) is 23.4 Å². The van der Waals surface area contributed by atoms with Crippen LogP contribution in [0.2, 0.25) is 0 Å². The van der Waals surface area contributed by atoms with Crippen LogP contribution in [0.3, 0.4) is 0 Å². The summed E-state index contributed by atoms with van der Waals surface area (Å²) in [6.07, 6.45) is 2.73. The van der Waals surface area contributed by atoms with Crippen molar-refractivity contribution >= 4 is 11.0 Å². The summed E-state index contributed by atoms with van der Waals surface area (Å²) in [5, 5.41) is 18.5. The Balaban J connectivity index is 1.63. The van der Waals surface area contributed by atoms with Gasteiger partial charge in [-0.15, -0.1) is 0 Å². The Morgan fingerprint density at radius 1 is 1.10 bits per heavy atom. The van der Waals surface area contributed by atoms with Crippen molar-refractivity contribution in [3.63, 3.8) is 0 Å². The Morgan fingerprint density at radius 3 is 2.62 bits per heavy atom. The number of aromatic nitrogens is 2. The molecule has 0 aliphatic heterocycles. The highest BCUT2D eigenvalue weighted by atomic mass is 16.3. The van der Waals surface area contributed by atoms with Crippen molar-refractivity contribution in [2.75, 3.05) is 0 Å². The minimum atomic E-state index is 0.210. The van der Waals surface area contributed by atoms with E-state index in [1.807, 2.05) is 30.3 Å². The fourth-order valence-corrected chi connectivity index (χ4v) is 2.39. The molecule has 0 spiro atoms. The lowest BCUT2D eigenvalue weighted by Gasteiger charge is -2.00. The molecule has 3 aromatic rings. The van der Waals surface area contributed by atoms with Gasteiger partial charge in [0.2, 0.25) is 0 Å². The van der Waals surface area contributed by atoms with E-state index in [2.05, 4.69) is 16.0 Å². The molecule has 0 bridgehead atoms. The second-order valence-electron chi connectivity index (χ2n) is 5.02. The van der Waals surface area contributed by atoms with Crippen LogP contribution in [0, 0.1) is 11.3 Å². The summed E-state index contributed by atoms with van der Waals surface area (Å²) >= 11 is 0. The molecule has 4 heteroatoms. The van der Waals surface area contributed by atoms with E-state index in [0.29, 0.717) is 11.1 Å². The molecule has 1 heterocycles. The first-order valence-corrected chi connectivity index (χ1v) is 6.92. The van der Waals surface area contributed by atoms with Crippen molar-refractivity contribution in [1.82, 2.24) is 9.97 Å². The molecule has 0 fully saturated rings. The molecule has 0 radical (unpaired) electrons. The standard InChI is InChI=1S/C17H15N3O/c18-11-13-9-7-12(8-10-13)3-1-6-16-19-14-4-2-5-15(21)17(14)20-16/h2,4-5,7-10,21H,1,3,6H2,(H,19,20). The summed E-state index contributed by atoms with van der Waals surface area (Å²) in [6.45, 7) is 0. The summed E-state index contributed by atoms with van der Waals surface area (Å²) in [5.41, 5.74) is 3.40. The number of phenolic OH excluding ortho intramolecular Hbond substituents is 1. The molecule has 104 valence electrons. The lowest BCUT2D eigenvalue weighted by Crippen LogP contribution is -1.92. The molecule has 0 amide bonds. The molecule has 2 aromatic carbocycles. The van der Waals surface area contributed by atoms with Crippen LogP contribution in [-0.4, -0.2) is 15.1 Å². The number of nitrogens with one attached hydrogen (secondary N) is 1. The van der Waals surface area contributed by atoms with Gasteiger partial charge in [0.1, 0.15) is 17.1 Å². The summed E-state index contributed by atoms with van der Waals surface area (Å²) in [4.78, 5) is 7.65. The topological polar surface area (TPSA) is 72.7 Å². The van der Waals surface area contributed by atoms with Crippen LogP contribution < -0.4 is 0 Å². The molecule has 0 unspecified atom stereocenters. The van der Waals surface area contributed by atoms with Gasteiger partial charge in [-0.25, -0.2) is 4.98 Å². The highest BCUT2D eigenvalue weighted by Crippen LogP contribution is 2.22. The zero-order chi connectivity index (χ0) is 14.7. The minimum absolute atomic E-state index is 0.210. The number of phenols is 1. The zero-order valence-corrected chi connectivity index (χ0v) is 11.5. The van der Waals surface area contributed by atoms with Crippen molar-refractivity contribution in [2.24, 2.45) is 0 Å². The third-order valence-corrected chi connectivity index (χ3v) is 3.50. The van der Waals surface area contributed by atoms with E-state index >= 15 is 0 Å². The molecule has 0 saturated heterocycles. The molecule has 0 saturated carbocycles. The molecule has 0 atom stereocenters. The van der Waals surface area contributed by atoms with E-state index in [0.717, 1.165) is 30.6 Å². The summed E-state index contributed by atoms with van der Waals surface area (Å²) in [6, 6.07) is 15.1. The molecule has 21 heavy (non-hydrogen) atoms. The van der Waals surface area contributed by atoms with Crippen LogP contribution in [0.15, 0.2) is 42.5 Å². The highest BCUT2D eigenvalue weighted by Gasteiger charge is 2.06. The minimum Gasteiger partial charge on any atom is -0.506 e. The quantitative estimate of drug-likeness (QED) is 0.768. The molecule has 3 rings (SSSR count). The largest absolute Gasteiger partial charge is 0.506 e. The van der Waals surface area contributed by atoms with Crippen molar-refractivity contribution in [3.8, 4) is 11.8 Å². The van der Waals surface area contributed by atoms with Crippen molar-refractivity contribution in [2.45, 2.75) is 19.3 Å². The van der Waals surface area contributed by atoms with Gasteiger partial charge in [-0.1, -0.05) is 18.2 Å². The Hall–Kier alpha value is -2.80. The summed E-state index contributed by atoms with van der Waals surface area (Å²) in [7, 11) is 0. The van der Waals surface area contributed by atoms with Gasteiger partial charge >= 0.3 is 0 Å². The van der Waals surface area contributed by atoms with Crippen molar-refractivity contribution in [1.29, 1.82) is 5.26 Å².